The van der Waals surface area contributed by atoms with E-state index >= 15 is 0 Å². The third-order valence-corrected chi connectivity index (χ3v) is 3.12. The van der Waals surface area contributed by atoms with Crippen molar-refractivity contribution in [2.75, 3.05) is 19.5 Å². The SMILES string of the molecule is COc1cc(C(=O)Nc2cccc(O)c2)cc(OC)c1C. The van der Waals surface area contributed by atoms with Gasteiger partial charge in [0.1, 0.15) is 17.2 Å². The van der Waals surface area contributed by atoms with Crippen LogP contribution in [0.1, 0.15) is 15.9 Å². The van der Waals surface area contributed by atoms with Crippen molar-refractivity contribution in [1.82, 2.24) is 0 Å². The Bertz CT molecular complexity index is 642. The molecule has 0 bridgehead atoms. The van der Waals surface area contributed by atoms with Gasteiger partial charge in [0.15, 0.2) is 0 Å². The van der Waals surface area contributed by atoms with Crippen molar-refractivity contribution in [2.24, 2.45) is 0 Å². The Morgan fingerprint density at radius 1 is 1.10 bits per heavy atom. The maximum atomic E-state index is 12.3. The van der Waals surface area contributed by atoms with E-state index in [1.54, 1.807) is 38.5 Å². The number of ether oxygens (including phenoxy) is 2. The number of rotatable bonds is 4. The first-order chi connectivity index (χ1) is 10.0. The Morgan fingerprint density at radius 2 is 1.71 bits per heavy atom. The van der Waals surface area contributed by atoms with Crippen molar-refractivity contribution in [3.05, 3.63) is 47.5 Å². The zero-order valence-corrected chi connectivity index (χ0v) is 12.1. The van der Waals surface area contributed by atoms with E-state index in [0.29, 0.717) is 22.7 Å². The fraction of sp³-hybridized carbons (Fsp3) is 0.188. The molecule has 0 saturated carbocycles. The molecule has 21 heavy (non-hydrogen) atoms. The number of hydrogen-bond donors (Lipinski definition) is 2. The second-order valence-corrected chi connectivity index (χ2v) is 4.51. The fourth-order valence-electron chi connectivity index (χ4n) is 2.00. The summed E-state index contributed by atoms with van der Waals surface area (Å²) in [6.45, 7) is 1.86. The second-order valence-electron chi connectivity index (χ2n) is 4.51. The predicted octanol–water partition coefficient (Wildman–Crippen LogP) is 2.97. The Balaban J connectivity index is 2.31. The topological polar surface area (TPSA) is 67.8 Å². The van der Waals surface area contributed by atoms with Crippen molar-refractivity contribution < 1.29 is 19.4 Å². The van der Waals surface area contributed by atoms with Gasteiger partial charge in [-0.15, -0.1) is 0 Å². The molecule has 0 heterocycles. The van der Waals surface area contributed by atoms with Gasteiger partial charge in [-0.2, -0.15) is 0 Å². The normalized spacial score (nSPS) is 10.0. The smallest absolute Gasteiger partial charge is 0.255 e. The van der Waals surface area contributed by atoms with Gasteiger partial charge in [-0.3, -0.25) is 4.79 Å². The number of nitrogens with one attached hydrogen (secondary N) is 1. The molecule has 1 amide bonds. The molecule has 0 aliphatic rings. The summed E-state index contributed by atoms with van der Waals surface area (Å²) in [4.78, 5) is 12.3. The van der Waals surface area contributed by atoms with Crippen LogP contribution >= 0.6 is 0 Å². The van der Waals surface area contributed by atoms with Crippen LogP contribution in [0.15, 0.2) is 36.4 Å². The molecular formula is C16H17NO4. The summed E-state index contributed by atoms with van der Waals surface area (Å²) in [6, 6.07) is 9.65. The number of hydrogen-bond acceptors (Lipinski definition) is 4. The van der Waals surface area contributed by atoms with Crippen LogP contribution in [0.5, 0.6) is 17.2 Å². The number of phenols is 1. The lowest BCUT2D eigenvalue weighted by molar-refractivity contribution is 0.102. The summed E-state index contributed by atoms with van der Waals surface area (Å²) < 4.78 is 10.5. The Kier molecular flexibility index (Phi) is 4.33. The molecule has 5 nitrogen and oxygen atoms in total. The molecule has 0 fully saturated rings. The maximum absolute atomic E-state index is 12.3. The average Bonchev–Trinajstić information content (AvgIpc) is 2.47. The number of amides is 1. The van der Waals surface area contributed by atoms with Crippen molar-refractivity contribution in [3.8, 4) is 17.2 Å². The van der Waals surface area contributed by atoms with Gasteiger partial charge in [0.05, 0.1) is 14.2 Å². The summed E-state index contributed by atoms with van der Waals surface area (Å²) in [6.07, 6.45) is 0. The number of phenolic OH excluding ortho intramolecular Hbond substituents is 1. The van der Waals surface area contributed by atoms with E-state index in [1.165, 1.54) is 12.1 Å². The summed E-state index contributed by atoms with van der Waals surface area (Å²) in [5.74, 6) is 0.940. The van der Waals surface area contributed by atoms with Gasteiger partial charge in [0.2, 0.25) is 0 Å². The quantitative estimate of drug-likeness (QED) is 0.907. The molecule has 0 atom stereocenters. The van der Waals surface area contributed by atoms with Crippen LogP contribution in [0, 0.1) is 6.92 Å². The van der Waals surface area contributed by atoms with E-state index in [1.807, 2.05) is 6.92 Å². The molecule has 2 N–H and O–H groups in total. The first-order valence-corrected chi connectivity index (χ1v) is 6.38. The molecule has 5 heteroatoms. The lowest BCUT2D eigenvalue weighted by Gasteiger charge is -2.12. The third-order valence-electron chi connectivity index (χ3n) is 3.12. The van der Waals surface area contributed by atoms with Crippen molar-refractivity contribution in [2.45, 2.75) is 6.92 Å². The van der Waals surface area contributed by atoms with Crippen molar-refractivity contribution in [3.63, 3.8) is 0 Å². The fourth-order valence-corrected chi connectivity index (χ4v) is 2.00. The van der Waals surface area contributed by atoms with Crippen molar-refractivity contribution >= 4 is 11.6 Å². The first-order valence-electron chi connectivity index (χ1n) is 6.38. The van der Waals surface area contributed by atoms with Crippen LogP contribution in [0.2, 0.25) is 0 Å². The number of carbonyl (C=O) groups excluding carboxylic acids is 1. The van der Waals surface area contributed by atoms with Gasteiger partial charge in [-0.25, -0.2) is 0 Å². The highest BCUT2D eigenvalue weighted by Gasteiger charge is 2.13. The molecule has 0 unspecified atom stereocenters. The van der Waals surface area contributed by atoms with Gasteiger partial charge in [0, 0.05) is 22.9 Å². The van der Waals surface area contributed by atoms with Gasteiger partial charge >= 0.3 is 0 Å². The van der Waals surface area contributed by atoms with E-state index in [-0.39, 0.29) is 11.7 Å². The molecule has 0 spiro atoms. The highest BCUT2D eigenvalue weighted by Crippen LogP contribution is 2.29. The van der Waals surface area contributed by atoms with Crippen LogP contribution in [-0.2, 0) is 0 Å². The molecule has 0 radical (unpaired) electrons. The van der Waals surface area contributed by atoms with Crippen LogP contribution in [0.3, 0.4) is 0 Å². The minimum Gasteiger partial charge on any atom is -0.508 e. The molecule has 2 aromatic rings. The summed E-state index contributed by atoms with van der Waals surface area (Å²) in [7, 11) is 3.08. The molecule has 0 aliphatic carbocycles. The van der Waals surface area contributed by atoms with Crippen LogP contribution in [0.4, 0.5) is 5.69 Å². The monoisotopic (exact) mass is 287 g/mol. The molecular weight excluding hydrogens is 270 g/mol. The van der Waals surface area contributed by atoms with Gasteiger partial charge < -0.3 is 19.9 Å². The molecule has 0 saturated heterocycles. The van der Waals surface area contributed by atoms with E-state index in [2.05, 4.69) is 5.32 Å². The van der Waals surface area contributed by atoms with E-state index < -0.39 is 0 Å². The summed E-state index contributed by atoms with van der Waals surface area (Å²) in [5, 5.41) is 12.1. The van der Waals surface area contributed by atoms with E-state index in [9.17, 15) is 9.90 Å². The van der Waals surface area contributed by atoms with Gasteiger partial charge in [-0.1, -0.05) is 6.07 Å². The number of benzene rings is 2. The summed E-state index contributed by atoms with van der Waals surface area (Å²) in [5.41, 5.74) is 1.75. The number of aromatic hydroxyl groups is 1. The highest BCUT2D eigenvalue weighted by molar-refractivity contribution is 6.05. The Morgan fingerprint density at radius 3 is 2.24 bits per heavy atom. The third kappa shape index (κ3) is 3.25. The van der Waals surface area contributed by atoms with Crippen molar-refractivity contribution in [1.29, 1.82) is 0 Å². The maximum Gasteiger partial charge on any atom is 0.255 e. The Hall–Kier alpha value is -2.69. The minimum absolute atomic E-state index is 0.0897. The molecule has 0 aliphatic heterocycles. The first kappa shape index (κ1) is 14.7. The Labute approximate surface area is 123 Å². The average molecular weight is 287 g/mol. The van der Waals surface area contributed by atoms with Crippen LogP contribution in [0.25, 0.3) is 0 Å². The number of methoxy groups -OCH3 is 2. The molecule has 2 aromatic carbocycles. The summed E-state index contributed by atoms with van der Waals surface area (Å²) >= 11 is 0. The lowest BCUT2D eigenvalue weighted by Crippen LogP contribution is -2.12. The van der Waals surface area contributed by atoms with E-state index in [4.69, 9.17) is 9.47 Å². The lowest BCUT2D eigenvalue weighted by atomic mass is 10.1. The van der Waals surface area contributed by atoms with Gasteiger partial charge in [-0.05, 0) is 31.2 Å². The minimum atomic E-state index is -0.308. The number of anilines is 1. The van der Waals surface area contributed by atoms with Crippen LogP contribution < -0.4 is 14.8 Å². The molecule has 110 valence electrons. The van der Waals surface area contributed by atoms with E-state index in [0.717, 1.165) is 5.56 Å². The predicted molar refractivity (Wildman–Crippen MR) is 80.3 cm³/mol. The number of carbonyl (C=O) groups is 1. The standard InChI is InChI=1S/C16H17NO4/c1-10-14(20-2)7-11(8-15(10)21-3)16(19)17-12-5-4-6-13(18)9-12/h4-9,18H,1-3H3,(H,17,19). The van der Waals surface area contributed by atoms with Gasteiger partial charge in [0.25, 0.3) is 5.91 Å². The molecule has 2 rings (SSSR count). The largest absolute Gasteiger partial charge is 0.508 e. The van der Waals surface area contributed by atoms with Crippen LogP contribution in [-0.4, -0.2) is 25.2 Å². The second kappa shape index (κ2) is 6.17. The zero-order chi connectivity index (χ0) is 15.4. The highest BCUT2D eigenvalue weighted by atomic mass is 16.5. The molecule has 0 aromatic heterocycles. The zero-order valence-electron chi connectivity index (χ0n) is 12.1.